The molecule has 6 heteroatoms. The van der Waals surface area contributed by atoms with E-state index in [2.05, 4.69) is 13.0 Å². The van der Waals surface area contributed by atoms with Crippen molar-refractivity contribution in [1.29, 1.82) is 0 Å². The third-order valence-electron chi connectivity index (χ3n) is 5.04. The highest BCUT2D eigenvalue weighted by Crippen LogP contribution is 2.31. The van der Waals surface area contributed by atoms with Crippen LogP contribution in [0.3, 0.4) is 0 Å². The fourth-order valence-electron chi connectivity index (χ4n) is 3.35. The molecular formula is C26H24N2O3S. The number of amides is 1. The lowest BCUT2D eigenvalue weighted by molar-refractivity contribution is -0.114. The van der Waals surface area contributed by atoms with Crippen LogP contribution in [0.2, 0.25) is 0 Å². The van der Waals surface area contributed by atoms with E-state index in [9.17, 15) is 4.79 Å². The van der Waals surface area contributed by atoms with Gasteiger partial charge in [-0.15, -0.1) is 0 Å². The van der Waals surface area contributed by atoms with Gasteiger partial charge in [0.25, 0.3) is 5.91 Å². The van der Waals surface area contributed by atoms with Crippen LogP contribution in [-0.4, -0.2) is 25.1 Å². The maximum Gasteiger partial charge on any atom is 0.253 e. The van der Waals surface area contributed by atoms with E-state index in [1.54, 1.807) is 31.3 Å². The minimum absolute atomic E-state index is 0.139. The molecule has 0 fully saturated rings. The van der Waals surface area contributed by atoms with Crippen LogP contribution in [0, 0.1) is 6.92 Å². The maximum absolute atomic E-state index is 13.3. The first-order valence-electron chi connectivity index (χ1n) is 10.2. The molecule has 0 unspecified atom stereocenters. The summed E-state index contributed by atoms with van der Waals surface area (Å²) in [5.41, 5.74) is 3.94. The average molecular weight is 445 g/mol. The Morgan fingerprint density at radius 3 is 2.53 bits per heavy atom. The molecule has 1 aromatic heterocycles. The summed E-state index contributed by atoms with van der Waals surface area (Å²) >= 11 is 1.52. The van der Waals surface area contributed by atoms with Crippen LogP contribution in [-0.2, 0) is 11.3 Å². The molecule has 0 radical (unpaired) electrons. The van der Waals surface area contributed by atoms with Gasteiger partial charge in [-0.3, -0.25) is 9.69 Å². The van der Waals surface area contributed by atoms with Gasteiger partial charge in [0.15, 0.2) is 16.6 Å². The SMILES string of the molecule is COc1ccc(/C=C/C(=O)N(Cc2ccccc2)c2nc3ccc(C)cc3s2)cc1OC. The van der Waals surface area contributed by atoms with Crippen molar-refractivity contribution >= 4 is 38.7 Å². The molecule has 0 N–H and O–H groups in total. The minimum atomic E-state index is -0.139. The zero-order valence-electron chi connectivity index (χ0n) is 18.2. The molecule has 5 nitrogen and oxygen atoms in total. The molecule has 162 valence electrons. The highest BCUT2D eigenvalue weighted by atomic mass is 32.1. The smallest absolute Gasteiger partial charge is 0.253 e. The van der Waals surface area contributed by atoms with E-state index in [4.69, 9.17) is 14.5 Å². The zero-order chi connectivity index (χ0) is 22.5. The molecule has 32 heavy (non-hydrogen) atoms. The van der Waals surface area contributed by atoms with E-state index in [1.165, 1.54) is 16.9 Å². The molecule has 0 atom stereocenters. The highest BCUT2D eigenvalue weighted by Gasteiger charge is 2.18. The summed E-state index contributed by atoms with van der Waals surface area (Å²) in [6, 6.07) is 21.6. The second-order valence-electron chi connectivity index (χ2n) is 7.33. The molecule has 3 aromatic carbocycles. The summed E-state index contributed by atoms with van der Waals surface area (Å²) in [5.74, 6) is 1.12. The van der Waals surface area contributed by atoms with Crippen LogP contribution in [0.1, 0.15) is 16.7 Å². The number of methoxy groups -OCH3 is 2. The van der Waals surface area contributed by atoms with Gasteiger partial charge in [-0.2, -0.15) is 0 Å². The number of aryl methyl sites for hydroxylation is 1. The number of ether oxygens (including phenoxy) is 2. The summed E-state index contributed by atoms with van der Waals surface area (Å²) in [7, 11) is 3.19. The van der Waals surface area contributed by atoms with Crippen LogP contribution in [0.25, 0.3) is 16.3 Å². The molecule has 1 amide bonds. The number of hydrogen-bond donors (Lipinski definition) is 0. The first kappa shape index (κ1) is 21.6. The first-order valence-corrected chi connectivity index (χ1v) is 11.0. The maximum atomic E-state index is 13.3. The van der Waals surface area contributed by atoms with Crippen LogP contribution >= 0.6 is 11.3 Å². The second-order valence-corrected chi connectivity index (χ2v) is 8.33. The van der Waals surface area contributed by atoms with Crippen molar-refractivity contribution in [3.63, 3.8) is 0 Å². The Kier molecular flexibility index (Phi) is 6.52. The van der Waals surface area contributed by atoms with Gasteiger partial charge in [0, 0.05) is 6.08 Å². The Morgan fingerprint density at radius 2 is 1.78 bits per heavy atom. The topological polar surface area (TPSA) is 51.7 Å². The van der Waals surface area contributed by atoms with E-state index >= 15 is 0 Å². The molecule has 4 aromatic rings. The molecule has 0 spiro atoms. The normalized spacial score (nSPS) is 11.1. The standard InChI is InChI=1S/C26H24N2O3S/c1-18-9-12-21-24(15-18)32-26(27-21)28(17-20-7-5-4-6-8-20)25(29)14-11-19-10-13-22(30-2)23(16-19)31-3/h4-16H,17H2,1-3H3/b14-11+. The lowest BCUT2D eigenvalue weighted by Crippen LogP contribution is -2.28. The Morgan fingerprint density at radius 1 is 1.00 bits per heavy atom. The molecule has 0 saturated carbocycles. The Hall–Kier alpha value is -3.64. The fraction of sp³-hybridized carbons (Fsp3) is 0.154. The van der Waals surface area contributed by atoms with Gasteiger partial charge in [0.1, 0.15) is 0 Å². The number of rotatable bonds is 7. The van der Waals surface area contributed by atoms with Crippen molar-refractivity contribution in [3.05, 3.63) is 89.5 Å². The first-order chi connectivity index (χ1) is 15.6. The molecule has 0 aliphatic heterocycles. The molecule has 1 heterocycles. The largest absolute Gasteiger partial charge is 0.493 e. The number of anilines is 1. The van der Waals surface area contributed by atoms with Crippen molar-refractivity contribution < 1.29 is 14.3 Å². The number of thiazole rings is 1. The van der Waals surface area contributed by atoms with Crippen molar-refractivity contribution in [2.75, 3.05) is 19.1 Å². The number of benzene rings is 3. The lowest BCUT2D eigenvalue weighted by Gasteiger charge is -2.18. The van der Waals surface area contributed by atoms with Crippen molar-refractivity contribution in [2.24, 2.45) is 0 Å². The number of carbonyl (C=O) groups excluding carboxylic acids is 1. The molecule has 0 saturated heterocycles. The van der Waals surface area contributed by atoms with Gasteiger partial charge < -0.3 is 9.47 Å². The molecule has 4 rings (SSSR count). The summed E-state index contributed by atoms with van der Waals surface area (Å²) in [6.07, 6.45) is 3.35. The predicted octanol–water partition coefficient (Wildman–Crippen LogP) is 5.87. The van der Waals surface area contributed by atoms with Gasteiger partial charge in [-0.1, -0.05) is 53.8 Å². The fourth-order valence-corrected chi connectivity index (χ4v) is 4.42. The molecule has 0 bridgehead atoms. The van der Waals surface area contributed by atoms with E-state index in [1.807, 2.05) is 60.7 Å². The van der Waals surface area contributed by atoms with Crippen LogP contribution < -0.4 is 14.4 Å². The summed E-state index contributed by atoms with van der Waals surface area (Å²) in [5, 5.41) is 0.677. The molecule has 0 aliphatic rings. The minimum Gasteiger partial charge on any atom is -0.493 e. The summed E-state index contributed by atoms with van der Waals surface area (Å²) in [6.45, 7) is 2.49. The number of carbonyl (C=O) groups is 1. The van der Waals surface area contributed by atoms with E-state index in [0.29, 0.717) is 23.2 Å². The predicted molar refractivity (Wildman–Crippen MR) is 131 cm³/mol. The highest BCUT2D eigenvalue weighted by molar-refractivity contribution is 7.22. The summed E-state index contributed by atoms with van der Waals surface area (Å²) < 4.78 is 11.7. The quantitative estimate of drug-likeness (QED) is 0.335. The van der Waals surface area contributed by atoms with Gasteiger partial charge in [0.2, 0.25) is 0 Å². The number of nitrogens with zero attached hydrogens (tertiary/aromatic N) is 2. The van der Waals surface area contributed by atoms with Gasteiger partial charge in [-0.25, -0.2) is 4.98 Å². The van der Waals surface area contributed by atoms with Crippen molar-refractivity contribution in [3.8, 4) is 11.5 Å². The third kappa shape index (κ3) is 4.81. The zero-order valence-corrected chi connectivity index (χ0v) is 19.1. The Bertz CT molecular complexity index is 1260. The number of hydrogen-bond acceptors (Lipinski definition) is 5. The van der Waals surface area contributed by atoms with E-state index < -0.39 is 0 Å². The average Bonchev–Trinajstić information content (AvgIpc) is 3.24. The van der Waals surface area contributed by atoms with Gasteiger partial charge in [0.05, 0.1) is 31.0 Å². The van der Waals surface area contributed by atoms with E-state index in [-0.39, 0.29) is 5.91 Å². The number of aromatic nitrogens is 1. The monoisotopic (exact) mass is 444 g/mol. The summed E-state index contributed by atoms with van der Waals surface area (Å²) in [4.78, 5) is 19.7. The van der Waals surface area contributed by atoms with Crippen LogP contribution in [0.4, 0.5) is 5.13 Å². The van der Waals surface area contributed by atoms with Crippen molar-refractivity contribution in [1.82, 2.24) is 4.98 Å². The van der Waals surface area contributed by atoms with Gasteiger partial charge >= 0.3 is 0 Å². The molecular weight excluding hydrogens is 420 g/mol. The second kappa shape index (κ2) is 9.66. The van der Waals surface area contributed by atoms with Crippen LogP contribution in [0.15, 0.2) is 72.8 Å². The van der Waals surface area contributed by atoms with Gasteiger partial charge in [-0.05, 0) is 54.0 Å². The van der Waals surface area contributed by atoms with Crippen molar-refractivity contribution in [2.45, 2.75) is 13.5 Å². The molecule has 0 aliphatic carbocycles. The lowest BCUT2D eigenvalue weighted by atomic mass is 10.1. The third-order valence-corrected chi connectivity index (χ3v) is 6.08. The Balaban J connectivity index is 1.65. The Labute approximate surface area is 191 Å². The van der Waals surface area contributed by atoms with Crippen LogP contribution in [0.5, 0.6) is 11.5 Å². The number of fused-ring (bicyclic) bond motifs is 1. The van der Waals surface area contributed by atoms with E-state index in [0.717, 1.165) is 21.3 Å².